The fourth-order valence-corrected chi connectivity index (χ4v) is 2.05. The minimum Gasteiger partial charge on any atom is -0.469 e. The highest BCUT2D eigenvalue weighted by Gasteiger charge is 2.17. The molecule has 0 atom stereocenters. The van der Waals surface area contributed by atoms with Gasteiger partial charge >= 0.3 is 5.97 Å². The SMILES string of the molecule is COC(=O)CCN(CCNC(C)=O)C(=O)c1ccc(Br)cc1. The number of hydrogen-bond acceptors (Lipinski definition) is 4. The number of amides is 2. The molecule has 120 valence electrons. The van der Waals surface area contributed by atoms with E-state index in [2.05, 4.69) is 26.0 Å². The molecule has 1 N–H and O–H groups in total. The van der Waals surface area contributed by atoms with Crippen molar-refractivity contribution in [3.63, 3.8) is 0 Å². The lowest BCUT2D eigenvalue weighted by atomic mass is 10.2. The van der Waals surface area contributed by atoms with Crippen LogP contribution in [-0.2, 0) is 14.3 Å². The van der Waals surface area contributed by atoms with E-state index in [9.17, 15) is 14.4 Å². The van der Waals surface area contributed by atoms with Crippen LogP contribution < -0.4 is 5.32 Å². The monoisotopic (exact) mass is 370 g/mol. The van der Waals surface area contributed by atoms with Crippen LogP contribution in [0.15, 0.2) is 28.7 Å². The largest absolute Gasteiger partial charge is 0.469 e. The van der Waals surface area contributed by atoms with Crippen molar-refractivity contribution in [2.75, 3.05) is 26.7 Å². The Labute approximate surface area is 137 Å². The number of methoxy groups -OCH3 is 1. The number of benzene rings is 1. The molecule has 0 aromatic heterocycles. The van der Waals surface area contributed by atoms with Gasteiger partial charge in [0.25, 0.3) is 5.91 Å². The van der Waals surface area contributed by atoms with Gasteiger partial charge in [-0.15, -0.1) is 0 Å². The Bertz CT molecular complexity index is 531. The second kappa shape index (κ2) is 9.19. The lowest BCUT2D eigenvalue weighted by molar-refractivity contribution is -0.140. The zero-order chi connectivity index (χ0) is 16.5. The molecule has 1 rings (SSSR count). The van der Waals surface area contributed by atoms with Crippen LogP contribution in [0, 0.1) is 0 Å². The molecule has 0 spiro atoms. The van der Waals surface area contributed by atoms with Crippen molar-refractivity contribution in [3.05, 3.63) is 34.3 Å². The summed E-state index contributed by atoms with van der Waals surface area (Å²) in [6, 6.07) is 6.96. The summed E-state index contributed by atoms with van der Waals surface area (Å²) in [5.74, 6) is -0.737. The summed E-state index contributed by atoms with van der Waals surface area (Å²) in [6.45, 7) is 2.31. The van der Waals surface area contributed by atoms with Crippen molar-refractivity contribution < 1.29 is 19.1 Å². The number of ether oxygens (including phenoxy) is 1. The Morgan fingerprint density at radius 1 is 1.18 bits per heavy atom. The second-order valence-electron chi connectivity index (χ2n) is 4.61. The van der Waals surface area contributed by atoms with Crippen LogP contribution in [0.4, 0.5) is 0 Å². The number of halogens is 1. The van der Waals surface area contributed by atoms with E-state index in [-0.39, 0.29) is 30.7 Å². The van der Waals surface area contributed by atoms with E-state index in [4.69, 9.17) is 0 Å². The highest BCUT2D eigenvalue weighted by molar-refractivity contribution is 9.10. The maximum Gasteiger partial charge on any atom is 0.307 e. The van der Waals surface area contributed by atoms with Gasteiger partial charge in [0.1, 0.15) is 0 Å². The molecule has 0 saturated carbocycles. The average molecular weight is 371 g/mol. The van der Waals surface area contributed by atoms with Crippen molar-refractivity contribution >= 4 is 33.7 Å². The van der Waals surface area contributed by atoms with Gasteiger partial charge in [0, 0.05) is 36.6 Å². The number of esters is 1. The Hall–Kier alpha value is -1.89. The van der Waals surface area contributed by atoms with Crippen LogP contribution in [0.1, 0.15) is 23.7 Å². The fraction of sp³-hybridized carbons (Fsp3) is 0.400. The fourth-order valence-electron chi connectivity index (χ4n) is 1.79. The van der Waals surface area contributed by atoms with Crippen molar-refractivity contribution in [2.24, 2.45) is 0 Å². The molecule has 0 heterocycles. The van der Waals surface area contributed by atoms with Gasteiger partial charge in [0.05, 0.1) is 13.5 Å². The third kappa shape index (κ3) is 6.26. The Morgan fingerprint density at radius 2 is 1.82 bits per heavy atom. The Kier molecular flexibility index (Phi) is 7.59. The zero-order valence-corrected chi connectivity index (χ0v) is 14.2. The minimum absolute atomic E-state index is 0.110. The van der Waals surface area contributed by atoms with Gasteiger partial charge in [0.2, 0.25) is 5.91 Å². The maximum absolute atomic E-state index is 12.5. The molecule has 2 amide bonds. The number of hydrogen-bond donors (Lipinski definition) is 1. The standard InChI is InChI=1S/C15H19BrN2O4/c1-11(19)17-8-10-18(9-7-14(20)22-2)15(21)12-3-5-13(16)6-4-12/h3-6H,7-10H2,1-2H3,(H,17,19). The summed E-state index contributed by atoms with van der Waals surface area (Å²) < 4.78 is 5.47. The molecule has 0 radical (unpaired) electrons. The summed E-state index contributed by atoms with van der Waals surface area (Å²) in [5.41, 5.74) is 0.524. The number of carbonyl (C=O) groups excluding carboxylic acids is 3. The Morgan fingerprint density at radius 3 is 2.36 bits per heavy atom. The predicted molar refractivity (Wildman–Crippen MR) is 85.4 cm³/mol. The van der Waals surface area contributed by atoms with Gasteiger partial charge in [-0.2, -0.15) is 0 Å². The van der Waals surface area contributed by atoms with Crippen LogP contribution in [0.2, 0.25) is 0 Å². The first-order valence-electron chi connectivity index (χ1n) is 6.80. The quantitative estimate of drug-likeness (QED) is 0.739. The molecule has 0 saturated heterocycles. The molecule has 0 unspecified atom stereocenters. The van der Waals surface area contributed by atoms with E-state index in [0.29, 0.717) is 18.7 Å². The predicted octanol–water partition coefficient (Wildman–Crippen LogP) is 1.59. The first-order valence-corrected chi connectivity index (χ1v) is 7.59. The lowest BCUT2D eigenvalue weighted by Gasteiger charge is -2.22. The van der Waals surface area contributed by atoms with E-state index in [0.717, 1.165) is 4.47 Å². The van der Waals surface area contributed by atoms with Crippen LogP contribution in [0.5, 0.6) is 0 Å². The smallest absolute Gasteiger partial charge is 0.307 e. The zero-order valence-electron chi connectivity index (χ0n) is 12.6. The molecule has 22 heavy (non-hydrogen) atoms. The van der Waals surface area contributed by atoms with Gasteiger partial charge in [-0.3, -0.25) is 14.4 Å². The molecule has 0 aliphatic heterocycles. The molecule has 1 aromatic rings. The summed E-state index contributed by atoms with van der Waals surface area (Å²) >= 11 is 3.32. The molecule has 1 aromatic carbocycles. The summed E-state index contributed by atoms with van der Waals surface area (Å²) in [7, 11) is 1.31. The number of nitrogens with zero attached hydrogens (tertiary/aromatic N) is 1. The van der Waals surface area contributed by atoms with Crippen LogP contribution in [0.25, 0.3) is 0 Å². The van der Waals surface area contributed by atoms with Crippen LogP contribution in [0.3, 0.4) is 0 Å². The molecule has 0 bridgehead atoms. The highest BCUT2D eigenvalue weighted by atomic mass is 79.9. The normalized spacial score (nSPS) is 9.95. The van der Waals surface area contributed by atoms with E-state index in [1.807, 2.05) is 0 Å². The number of nitrogens with one attached hydrogen (secondary N) is 1. The highest BCUT2D eigenvalue weighted by Crippen LogP contribution is 2.12. The summed E-state index contributed by atoms with van der Waals surface area (Å²) in [4.78, 5) is 36.2. The van der Waals surface area contributed by atoms with Gasteiger partial charge in [-0.05, 0) is 24.3 Å². The maximum atomic E-state index is 12.5. The number of carbonyl (C=O) groups is 3. The Balaban J connectivity index is 2.73. The van der Waals surface area contributed by atoms with E-state index in [1.165, 1.54) is 18.9 Å². The van der Waals surface area contributed by atoms with E-state index in [1.54, 1.807) is 24.3 Å². The molecule has 0 aliphatic rings. The topological polar surface area (TPSA) is 75.7 Å². The van der Waals surface area contributed by atoms with Crippen molar-refractivity contribution in [3.8, 4) is 0 Å². The molecule has 6 nitrogen and oxygen atoms in total. The van der Waals surface area contributed by atoms with Gasteiger partial charge in [-0.25, -0.2) is 0 Å². The molecule has 7 heteroatoms. The molecule has 0 aliphatic carbocycles. The van der Waals surface area contributed by atoms with Gasteiger partial charge in [-0.1, -0.05) is 15.9 Å². The van der Waals surface area contributed by atoms with Crippen molar-refractivity contribution in [1.82, 2.24) is 10.2 Å². The number of rotatable bonds is 7. The first kappa shape index (κ1) is 18.2. The van der Waals surface area contributed by atoms with E-state index < -0.39 is 0 Å². The second-order valence-corrected chi connectivity index (χ2v) is 5.52. The molecular weight excluding hydrogens is 352 g/mol. The van der Waals surface area contributed by atoms with Gasteiger partial charge in [0.15, 0.2) is 0 Å². The van der Waals surface area contributed by atoms with Gasteiger partial charge < -0.3 is 15.0 Å². The van der Waals surface area contributed by atoms with E-state index >= 15 is 0 Å². The third-order valence-corrected chi connectivity index (χ3v) is 3.48. The summed E-state index contributed by atoms with van der Waals surface area (Å²) in [6.07, 6.45) is 0.110. The molecule has 0 fully saturated rings. The van der Waals surface area contributed by atoms with Crippen molar-refractivity contribution in [2.45, 2.75) is 13.3 Å². The lowest BCUT2D eigenvalue weighted by Crippen LogP contribution is -2.39. The molecular formula is C15H19BrN2O4. The first-order chi connectivity index (χ1) is 10.4. The van der Waals surface area contributed by atoms with Crippen molar-refractivity contribution in [1.29, 1.82) is 0 Å². The minimum atomic E-state index is -0.381. The van der Waals surface area contributed by atoms with Crippen LogP contribution >= 0.6 is 15.9 Å². The third-order valence-electron chi connectivity index (χ3n) is 2.95. The van der Waals surface area contributed by atoms with Crippen LogP contribution in [-0.4, -0.2) is 49.4 Å². The average Bonchev–Trinajstić information content (AvgIpc) is 2.50. The summed E-state index contributed by atoms with van der Waals surface area (Å²) in [5, 5.41) is 2.64.